The largest absolute Gasteiger partial charge is 0.473 e. The summed E-state index contributed by atoms with van der Waals surface area (Å²) < 4.78 is 27.1. The summed E-state index contributed by atoms with van der Waals surface area (Å²) in [5.74, 6) is 0. The molecule has 24 heavy (non-hydrogen) atoms. The molecule has 3 aliphatic heterocycles. The summed E-state index contributed by atoms with van der Waals surface area (Å²) in [6.45, 7) is -0.435. The van der Waals surface area contributed by atoms with Crippen molar-refractivity contribution in [3.63, 3.8) is 0 Å². The van der Waals surface area contributed by atoms with Crippen LogP contribution in [0.25, 0.3) is 0 Å². The number of fused-ring (bicyclic) bond motifs is 1. The van der Waals surface area contributed by atoms with E-state index >= 15 is 0 Å². The van der Waals surface area contributed by atoms with Gasteiger partial charge in [-0.1, -0.05) is 0 Å². The van der Waals surface area contributed by atoms with E-state index in [1.54, 1.807) is 31.4 Å². The molecule has 3 rings (SSSR count). The standard InChI is InChI=1S/C12H19N4O7P/c1-15(2)6-13-8-3-4-16(12(18)14-8)11-10-9(7(5-17)21-11)22-24(19,20)23-10/h3-4,6-11,17H,5H2,1-2H3,(H,14,18)(H,19,20)/t7-,8?,9?,10?,11-/m1/s1. The minimum atomic E-state index is -4.22. The van der Waals surface area contributed by atoms with Gasteiger partial charge < -0.3 is 25.0 Å². The van der Waals surface area contributed by atoms with Gasteiger partial charge >= 0.3 is 13.9 Å². The Bertz CT molecular complexity index is 612. The van der Waals surface area contributed by atoms with Crippen LogP contribution in [0.3, 0.4) is 0 Å². The summed E-state index contributed by atoms with van der Waals surface area (Å²) in [6.07, 6.45) is 0.342. The average molecular weight is 362 g/mol. The van der Waals surface area contributed by atoms with Crippen LogP contribution in [-0.4, -0.2) is 83.6 Å². The molecular weight excluding hydrogens is 343 g/mol. The molecule has 0 bridgehead atoms. The van der Waals surface area contributed by atoms with E-state index < -0.39 is 51.2 Å². The molecule has 0 aromatic carbocycles. The van der Waals surface area contributed by atoms with Crippen LogP contribution in [0.1, 0.15) is 0 Å². The lowest BCUT2D eigenvalue weighted by molar-refractivity contribution is -0.0719. The average Bonchev–Trinajstić information content (AvgIpc) is 2.98. The zero-order chi connectivity index (χ0) is 17.5. The molecule has 0 saturated carbocycles. The zero-order valence-electron chi connectivity index (χ0n) is 13.1. The van der Waals surface area contributed by atoms with Crippen LogP contribution in [0.5, 0.6) is 0 Å². The van der Waals surface area contributed by atoms with Gasteiger partial charge in [-0.2, -0.15) is 0 Å². The van der Waals surface area contributed by atoms with Gasteiger partial charge in [-0.05, 0) is 6.08 Å². The van der Waals surface area contributed by atoms with E-state index in [2.05, 4.69) is 10.3 Å². The van der Waals surface area contributed by atoms with E-state index in [4.69, 9.17) is 13.8 Å². The molecule has 2 amide bonds. The van der Waals surface area contributed by atoms with Gasteiger partial charge in [0.2, 0.25) is 0 Å². The zero-order valence-corrected chi connectivity index (χ0v) is 13.9. The first-order valence-electron chi connectivity index (χ1n) is 7.23. The fourth-order valence-corrected chi connectivity index (χ4v) is 3.78. The molecule has 0 spiro atoms. The van der Waals surface area contributed by atoms with Gasteiger partial charge in [0.05, 0.1) is 12.9 Å². The van der Waals surface area contributed by atoms with E-state index in [0.717, 1.165) is 0 Å². The summed E-state index contributed by atoms with van der Waals surface area (Å²) >= 11 is 0. The normalized spacial score (nSPS) is 41.8. The number of nitrogens with one attached hydrogen (secondary N) is 1. The molecule has 6 atom stereocenters. The minimum Gasteiger partial charge on any atom is -0.394 e. The van der Waals surface area contributed by atoms with Crippen LogP contribution in [0.15, 0.2) is 17.3 Å². The molecule has 12 heteroatoms. The summed E-state index contributed by atoms with van der Waals surface area (Å²) in [4.78, 5) is 28.8. The van der Waals surface area contributed by atoms with Crippen LogP contribution >= 0.6 is 7.82 Å². The number of aliphatic imine (C=N–C) groups is 1. The number of carbonyl (C=O) groups is 1. The fraction of sp³-hybridized carbons (Fsp3) is 0.667. The van der Waals surface area contributed by atoms with E-state index in [9.17, 15) is 19.4 Å². The number of ether oxygens (including phenoxy) is 1. The van der Waals surface area contributed by atoms with Crippen molar-refractivity contribution in [2.24, 2.45) is 4.99 Å². The molecule has 3 aliphatic rings. The third-order valence-corrected chi connectivity index (χ3v) is 4.66. The second kappa shape index (κ2) is 6.43. The lowest BCUT2D eigenvalue weighted by Crippen LogP contribution is -2.52. The fourth-order valence-electron chi connectivity index (χ4n) is 2.63. The van der Waals surface area contributed by atoms with Crippen LogP contribution in [0.2, 0.25) is 0 Å². The number of carbonyl (C=O) groups excluding carboxylic acids is 1. The molecule has 4 unspecified atom stereocenters. The highest BCUT2D eigenvalue weighted by molar-refractivity contribution is 7.47. The summed E-state index contributed by atoms with van der Waals surface area (Å²) in [6, 6.07) is -0.510. The third kappa shape index (κ3) is 3.32. The van der Waals surface area contributed by atoms with E-state index in [-0.39, 0.29) is 0 Å². The first kappa shape index (κ1) is 17.3. The topological polar surface area (TPSA) is 133 Å². The quantitative estimate of drug-likeness (QED) is 0.331. The number of phosphoric ester groups is 1. The van der Waals surface area contributed by atoms with Gasteiger partial charge in [0.25, 0.3) is 0 Å². The molecule has 0 aromatic heterocycles. The predicted molar refractivity (Wildman–Crippen MR) is 80.8 cm³/mol. The Hall–Kier alpha value is -1.49. The summed E-state index contributed by atoms with van der Waals surface area (Å²) in [5, 5.41) is 12.0. The van der Waals surface area contributed by atoms with Gasteiger partial charge in [0, 0.05) is 20.3 Å². The van der Waals surface area contributed by atoms with Gasteiger partial charge in [-0.25, -0.2) is 14.4 Å². The maximum absolute atomic E-state index is 12.3. The van der Waals surface area contributed by atoms with Gasteiger partial charge in [0.1, 0.15) is 24.5 Å². The molecule has 11 nitrogen and oxygen atoms in total. The van der Waals surface area contributed by atoms with Crippen LogP contribution < -0.4 is 5.32 Å². The number of hydrogen-bond donors (Lipinski definition) is 3. The highest BCUT2D eigenvalue weighted by Crippen LogP contribution is 2.57. The van der Waals surface area contributed by atoms with Crippen molar-refractivity contribution in [3.8, 4) is 0 Å². The highest BCUT2D eigenvalue weighted by Gasteiger charge is 2.59. The number of urea groups is 1. The number of phosphoric acid groups is 1. The van der Waals surface area contributed by atoms with Gasteiger partial charge in [-0.15, -0.1) is 0 Å². The maximum Gasteiger partial charge on any atom is 0.473 e. The van der Waals surface area contributed by atoms with Crippen molar-refractivity contribution in [2.45, 2.75) is 30.7 Å². The first-order valence-corrected chi connectivity index (χ1v) is 8.73. The molecule has 0 aliphatic carbocycles. The van der Waals surface area contributed by atoms with Crippen LogP contribution in [0, 0.1) is 0 Å². The number of rotatable bonds is 4. The van der Waals surface area contributed by atoms with Gasteiger partial charge in [0.15, 0.2) is 6.23 Å². The van der Waals surface area contributed by atoms with Crippen molar-refractivity contribution in [3.05, 3.63) is 12.3 Å². The van der Waals surface area contributed by atoms with E-state index in [1.807, 2.05) is 0 Å². The highest BCUT2D eigenvalue weighted by atomic mass is 31.2. The number of aliphatic hydroxyl groups is 1. The second-order valence-electron chi connectivity index (χ2n) is 5.73. The molecule has 3 N–H and O–H groups in total. The molecule has 0 radical (unpaired) electrons. The Balaban J connectivity index is 1.76. The van der Waals surface area contributed by atoms with Crippen molar-refractivity contribution in [1.82, 2.24) is 15.1 Å². The van der Waals surface area contributed by atoms with Gasteiger partial charge in [-0.3, -0.25) is 13.9 Å². The predicted octanol–water partition coefficient (Wildman–Crippen LogP) is -0.957. The molecule has 3 heterocycles. The Kier molecular flexibility index (Phi) is 4.65. The van der Waals surface area contributed by atoms with Crippen LogP contribution in [0.4, 0.5) is 4.79 Å². The molecular formula is C12H19N4O7P. The summed E-state index contributed by atoms with van der Waals surface area (Å²) in [7, 11) is -0.612. The van der Waals surface area contributed by atoms with Crippen molar-refractivity contribution < 1.29 is 33.1 Å². The van der Waals surface area contributed by atoms with Crippen molar-refractivity contribution >= 4 is 20.2 Å². The Labute approximate surface area is 138 Å². The van der Waals surface area contributed by atoms with E-state index in [0.29, 0.717) is 0 Å². The first-order chi connectivity index (χ1) is 11.3. The maximum atomic E-state index is 12.3. The molecule has 134 valence electrons. The van der Waals surface area contributed by atoms with E-state index in [1.165, 1.54) is 11.1 Å². The van der Waals surface area contributed by atoms with Crippen molar-refractivity contribution in [2.75, 3.05) is 20.7 Å². The lowest BCUT2D eigenvalue weighted by Gasteiger charge is -2.31. The Morgan fingerprint density at radius 3 is 2.79 bits per heavy atom. The number of aliphatic hydroxyl groups excluding tert-OH is 1. The SMILES string of the molecule is CN(C)C=NC1C=CN([C@@H]2O[C@H](CO)C3OP(=O)(O)OC32)C(=O)N1. The lowest BCUT2D eigenvalue weighted by atomic mass is 10.1. The third-order valence-electron chi connectivity index (χ3n) is 3.64. The number of hydrogen-bond acceptors (Lipinski definition) is 7. The molecule has 2 saturated heterocycles. The molecule has 0 aromatic rings. The summed E-state index contributed by atoms with van der Waals surface area (Å²) in [5.41, 5.74) is 0. The monoisotopic (exact) mass is 362 g/mol. The number of amides is 2. The molecule has 2 fully saturated rings. The Morgan fingerprint density at radius 1 is 1.46 bits per heavy atom. The Morgan fingerprint density at radius 2 is 2.17 bits per heavy atom. The number of nitrogens with zero attached hydrogens (tertiary/aromatic N) is 3. The van der Waals surface area contributed by atoms with Crippen LogP contribution in [-0.2, 0) is 18.3 Å². The smallest absolute Gasteiger partial charge is 0.394 e. The second-order valence-corrected chi connectivity index (χ2v) is 7.09. The van der Waals surface area contributed by atoms with Crippen molar-refractivity contribution in [1.29, 1.82) is 0 Å². The minimum absolute atomic E-state index is 0.435.